The Morgan fingerprint density at radius 1 is 1.42 bits per heavy atom. The fourth-order valence-electron chi connectivity index (χ4n) is 3.83. The Bertz CT molecular complexity index is 696. The van der Waals surface area contributed by atoms with Gasteiger partial charge in [0.1, 0.15) is 17.6 Å². The summed E-state index contributed by atoms with van der Waals surface area (Å²) in [7, 11) is 0. The molecular formula is C18H24ClFN4. The van der Waals surface area contributed by atoms with Crippen molar-refractivity contribution in [2.45, 2.75) is 51.2 Å². The van der Waals surface area contributed by atoms with Gasteiger partial charge >= 0.3 is 0 Å². The summed E-state index contributed by atoms with van der Waals surface area (Å²) in [6.45, 7) is 4.58. The summed E-state index contributed by atoms with van der Waals surface area (Å²) in [5, 5.41) is 4.99. The fraction of sp³-hybridized carbons (Fsp3) is 0.556. The molecule has 1 saturated heterocycles. The van der Waals surface area contributed by atoms with Crippen LogP contribution in [-0.2, 0) is 0 Å². The van der Waals surface area contributed by atoms with Gasteiger partial charge in [0.15, 0.2) is 0 Å². The van der Waals surface area contributed by atoms with Gasteiger partial charge in [0.25, 0.3) is 0 Å². The van der Waals surface area contributed by atoms with Crippen LogP contribution in [0.2, 0.25) is 5.15 Å². The quantitative estimate of drug-likeness (QED) is 0.816. The van der Waals surface area contributed by atoms with Crippen LogP contribution in [0.4, 0.5) is 10.2 Å². The average Bonchev–Trinajstić information content (AvgIpc) is 2.57. The lowest BCUT2D eigenvalue weighted by Crippen LogP contribution is -2.51. The first-order valence-electron chi connectivity index (χ1n) is 8.61. The number of nitrogens with zero attached hydrogens (tertiary/aromatic N) is 3. The first-order chi connectivity index (χ1) is 11.6. The van der Waals surface area contributed by atoms with E-state index in [1.165, 1.54) is 0 Å². The van der Waals surface area contributed by atoms with Crippen molar-refractivity contribution < 1.29 is 4.39 Å². The van der Waals surface area contributed by atoms with E-state index >= 15 is 0 Å². The highest BCUT2D eigenvalue weighted by Gasteiger charge is 2.32. The molecule has 130 valence electrons. The molecule has 0 bridgehead atoms. The van der Waals surface area contributed by atoms with E-state index in [2.05, 4.69) is 34.0 Å². The predicted molar refractivity (Wildman–Crippen MR) is 97.4 cm³/mol. The first-order valence-corrected chi connectivity index (χ1v) is 8.99. The molecule has 1 aliphatic rings. The van der Waals surface area contributed by atoms with Crippen LogP contribution >= 0.6 is 11.6 Å². The highest BCUT2D eigenvalue weighted by molar-refractivity contribution is 6.30. The van der Waals surface area contributed by atoms with Crippen LogP contribution in [0.15, 0.2) is 24.4 Å². The molecule has 0 radical (unpaired) electrons. The van der Waals surface area contributed by atoms with Gasteiger partial charge in [-0.3, -0.25) is 9.88 Å². The van der Waals surface area contributed by atoms with Crippen LogP contribution in [0.3, 0.4) is 0 Å². The molecule has 24 heavy (non-hydrogen) atoms. The van der Waals surface area contributed by atoms with Crippen LogP contribution in [0.25, 0.3) is 10.9 Å². The Morgan fingerprint density at radius 2 is 2.25 bits per heavy atom. The number of anilines is 1. The standard InChI is InChI=1S/C18H24ClFN4/c1-3-14-10-13(9-12(2)24(14)8-6-20)22-18-15-5-4-7-21-16(15)11-17(19)23-18/h4-5,7,11-14H,3,6,8-10H2,1-2H3,(H,22,23). The van der Waals surface area contributed by atoms with Crippen LogP contribution < -0.4 is 5.32 Å². The maximum atomic E-state index is 12.8. The normalized spacial score (nSPS) is 25.1. The summed E-state index contributed by atoms with van der Waals surface area (Å²) >= 11 is 6.15. The number of rotatable bonds is 5. The van der Waals surface area contributed by atoms with Gasteiger partial charge in [0.2, 0.25) is 0 Å². The fourth-order valence-corrected chi connectivity index (χ4v) is 4.02. The zero-order valence-electron chi connectivity index (χ0n) is 14.2. The van der Waals surface area contributed by atoms with Crippen LogP contribution in [0, 0.1) is 0 Å². The van der Waals surface area contributed by atoms with Gasteiger partial charge in [0.05, 0.1) is 5.52 Å². The van der Waals surface area contributed by atoms with Crippen molar-refractivity contribution in [3.05, 3.63) is 29.5 Å². The average molecular weight is 351 g/mol. The number of fused-ring (bicyclic) bond motifs is 1. The lowest BCUT2D eigenvalue weighted by Gasteiger charge is -2.43. The molecule has 2 aromatic rings. The van der Waals surface area contributed by atoms with Gasteiger partial charge in [-0.15, -0.1) is 0 Å². The topological polar surface area (TPSA) is 41.1 Å². The number of hydrogen-bond acceptors (Lipinski definition) is 4. The van der Waals surface area contributed by atoms with E-state index in [0.29, 0.717) is 29.8 Å². The Hall–Kier alpha value is -1.46. The number of pyridine rings is 2. The third-order valence-electron chi connectivity index (χ3n) is 4.94. The summed E-state index contributed by atoms with van der Waals surface area (Å²) in [6.07, 6.45) is 4.73. The van der Waals surface area contributed by atoms with Crippen molar-refractivity contribution in [2.24, 2.45) is 0 Å². The number of piperidine rings is 1. The summed E-state index contributed by atoms with van der Waals surface area (Å²) in [6, 6.07) is 6.74. The maximum Gasteiger partial charge on any atom is 0.137 e. The molecule has 4 nitrogen and oxygen atoms in total. The largest absolute Gasteiger partial charge is 0.367 e. The number of alkyl halides is 1. The Kier molecular flexibility index (Phi) is 5.51. The molecule has 3 unspecified atom stereocenters. The summed E-state index contributed by atoms with van der Waals surface area (Å²) in [5.41, 5.74) is 0.843. The van der Waals surface area contributed by atoms with E-state index in [9.17, 15) is 4.39 Å². The van der Waals surface area contributed by atoms with E-state index in [0.717, 1.165) is 36.0 Å². The number of aromatic nitrogens is 2. The molecule has 6 heteroatoms. The van der Waals surface area contributed by atoms with Gasteiger partial charge in [-0.25, -0.2) is 9.37 Å². The number of halogens is 2. The van der Waals surface area contributed by atoms with E-state index < -0.39 is 0 Å². The van der Waals surface area contributed by atoms with E-state index in [1.807, 2.05) is 12.1 Å². The van der Waals surface area contributed by atoms with Gasteiger partial charge in [-0.05, 0) is 38.3 Å². The van der Waals surface area contributed by atoms with Crippen molar-refractivity contribution >= 4 is 28.3 Å². The van der Waals surface area contributed by atoms with Gasteiger partial charge in [-0.1, -0.05) is 18.5 Å². The smallest absolute Gasteiger partial charge is 0.137 e. The zero-order valence-corrected chi connectivity index (χ0v) is 14.9. The minimum atomic E-state index is -0.287. The van der Waals surface area contributed by atoms with Gasteiger partial charge < -0.3 is 5.32 Å². The molecule has 3 rings (SSSR count). The molecule has 1 aliphatic heterocycles. The second-order valence-electron chi connectivity index (χ2n) is 6.51. The Morgan fingerprint density at radius 3 is 3.00 bits per heavy atom. The highest BCUT2D eigenvalue weighted by Crippen LogP contribution is 2.29. The minimum absolute atomic E-state index is 0.287. The molecule has 0 spiro atoms. The minimum Gasteiger partial charge on any atom is -0.367 e. The Balaban J connectivity index is 1.82. The molecule has 1 N–H and O–H groups in total. The maximum absolute atomic E-state index is 12.8. The van der Waals surface area contributed by atoms with Crippen LogP contribution in [0.5, 0.6) is 0 Å². The van der Waals surface area contributed by atoms with Crippen LogP contribution in [-0.4, -0.2) is 46.2 Å². The third-order valence-corrected chi connectivity index (χ3v) is 5.13. The van der Waals surface area contributed by atoms with Crippen molar-refractivity contribution in [1.82, 2.24) is 14.9 Å². The zero-order chi connectivity index (χ0) is 17.1. The van der Waals surface area contributed by atoms with E-state index in [4.69, 9.17) is 11.6 Å². The van der Waals surface area contributed by atoms with E-state index in [1.54, 1.807) is 12.3 Å². The van der Waals surface area contributed by atoms with Gasteiger partial charge in [-0.2, -0.15) is 0 Å². The van der Waals surface area contributed by atoms with Gasteiger partial charge in [0, 0.05) is 42.3 Å². The molecule has 2 aromatic heterocycles. The molecule has 3 heterocycles. The van der Waals surface area contributed by atoms with Crippen molar-refractivity contribution in [1.29, 1.82) is 0 Å². The molecule has 3 atom stereocenters. The second kappa shape index (κ2) is 7.62. The third kappa shape index (κ3) is 3.62. The molecule has 0 saturated carbocycles. The van der Waals surface area contributed by atoms with E-state index in [-0.39, 0.29) is 6.67 Å². The molecule has 0 aliphatic carbocycles. The monoisotopic (exact) mass is 350 g/mol. The summed E-state index contributed by atoms with van der Waals surface area (Å²) in [5.74, 6) is 0.789. The van der Waals surface area contributed by atoms with Crippen molar-refractivity contribution in [2.75, 3.05) is 18.5 Å². The second-order valence-corrected chi connectivity index (χ2v) is 6.90. The number of likely N-dealkylation sites (tertiary alicyclic amines) is 1. The van der Waals surface area contributed by atoms with Crippen molar-refractivity contribution in [3.8, 4) is 0 Å². The number of hydrogen-bond donors (Lipinski definition) is 1. The lowest BCUT2D eigenvalue weighted by atomic mass is 9.90. The summed E-state index contributed by atoms with van der Waals surface area (Å²) < 4.78 is 12.8. The highest BCUT2D eigenvalue weighted by atomic mass is 35.5. The SMILES string of the molecule is CCC1CC(Nc2nc(Cl)cc3ncccc23)CC(C)N1CCF. The number of nitrogens with one attached hydrogen (secondary N) is 1. The van der Waals surface area contributed by atoms with Crippen molar-refractivity contribution in [3.63, 3.8) is 0 Å². The molecular weight excluding hydrogens is 327 g/mol. The molecule has 0 aromatic carbocycles. The summed E-state index contributed by atoms with van der Waals surface area (Å²) in [4.78, 5) is 11.1. The molecule has 1 fully saturated rings. The Labute approximate surface area is 147 Å². The lowest BCUT2D eigenvalue weighted by molar-refractivity contribution is 0.0765. The van der Waals surface area contributed by atoms with Crippen LogP contribution in [0.1, 0.15) is 33.1 Å². The first kappa shape index (κ1) is 17.4. The predicted octanol–water partition coefficient (Wildman–Crippen LogP) is 4.30. The molecule has 0 amide bonds.